The molecule has 1 aliphatic rings. The number of imidazole rings is 1. The van der Waals surface area contributed by atoms with E-state index in [1.807, 2.05) is 54.6 Å². The molecule has 130 valence electrons. The van der Waals surface area contributed by atoms with Crippen LogP contribution in [0, 0.1) is 0 Å². The van der Waals surface area contributed by atoms with Crippen molar-refractivity contribution < 1.29 is 9.21 Å². The van der Waals surface area contributed by atoms with Crippen molar-refractivity contribution in [1.82, 2.24) is 19.8 Å². The van der Waals surface area contributed by atoms with Gasteiger partial charge < -0.3 is 24.1 Å². The highest BCUT2D eigenvalue weighted by Crippen LogP contribution is 2.34. The molecule has 0 unspecified atom stereocenters. The summed E-state index contributed by atoms with van der Waals surface area (Å²) in [5, 5.41) is 3.02. The minimum atomic E-state index is -0.0728. The Balaban J connectivity index is 1.66. The molecule has 0 aliphatic heterocycles. The number of nitrogens with zero attached hydrogens (tertiary/aromatic N) is 4. The van der Waals surface area contributed by atoms with Crippen LogP contribution in [-0.4, -0.2) is 40.6 Å². The summed E-state index contributed by atoms with van der Waals surface area (Å²) in [5.41, 5.74) is 0.966. The predicted octanol–water partition coefficient (Wildman–Crippen LogP) is 2.51. The lowest BCUT2D eigenvalue weighted by Crippen LogP contribution is -2.42. The Morgan fingerprint density at radius 1 is 1.50 bits per heavy atom. The van der Waals surface area contributed by atoms with E-state index in [1.54, 1.807) is 12.5 Å². The summed E-state index contributed by atoms with van der Waals surface area (Å²) >= 11 is 0. The lowest BCUT2D eigenvalue weighted by molar-refractivity contribution is 0.165. The molecule has 0 aromatic carbocycles. The van der Waals surface area contributed by atoms with Crippen LogP contribution in [0.2, 0.25) is 0 Å². The molecule has 1 fully saturated rings. The summed E-state index contributed by atoms with van der Waals surface area (Å²) in [5.74, 6) is 1.68. The van der Waals surface area contributed by atoms with E-state index < -0.39 is 0 Å². The summed E-state index contributed by atoms with van der Waals surface area (Å²) in [4.78, 5) is 20.9. The van der Waals surface area contributed by atoms with Gasteiger partial charge in [-0.3, -0.25) is 0 Å². The maximum Gasteiger partial charge on any atom is 0.318 e. The molecule has 2 amide bonds. The molecular formula is C17H25N5O2. The Morgan fingerprint density at radius 3 is 2.79 bits per heavy atom. The van der Waals surface area contributed by atoms with Gasteiger partial charge in [0.15, 0.2) is 0 Å². The van der Waals surface area contributed by atoms with E-state index in [2.05, 4.69) is 10.3 Å². The van der Waals surface area contributed by atoms with Crippen LogP contribution >= 0.6 is 0 Å². The largest absolute Gasteiger partial charge is 0.467 e. The third kappa shape index (κ3) is 3.25. The van der Waals surface area contributed by atoms with E-state index in [0.29, 0.717) is 12.6 Å². The first-order valence-corrected chi connectivity index (χ1v) is 8.26. The van der Waals surface area contributed by atoms with E-state index >= 15 is 0 Å². The molecule has 2 heterocycles. The molecule has 1 saturated carbocycles. The number of hydrogen-bond acceptors (Lipinski definition) is 4. The molecule has 2 aromatic rings. The van der Waals surface area contributed by atoms with Crippen molar-refractivity contribution in [2.24, 2.45) is 7.05 Å². The zero-order chi connectivity index (χ0) is 17.3. The van der Waals surface area contributed by atoms with Crippen molar-refractivity contribution in [3.8, 4) is 0 Å². The average molecular weight is 331 g/mol. The van der Waals surface area contributed by atoms with E-state index in [-0.39, 0.29) is 12.1 Å². The van der Waals surface area contributed by atoms with Gasteiger partial charge in [0.05, 0.1) is 30.7 Å². The first-order chi connectivity index (χ1) is 11.5. The Bertz CT molecular complexity index is 688. The average Bonchev–Trinajstić information content (AvgIpc) is 3.08. The maximum atomic E-state index is 12.7. The smallest absolute Gasteiger partial charge is 0.318 e. The minimum Gasteiger partial charge on any atom is -0.467 e. The van der Waals surface area contributed by atoms with Crippen molar-refractivity contribution >= 4 is 12.0 Å². The number of carbonyl (C=O) groups is 1. The number of carbonyl (C=O) groups excluding carboxylic acids is 1. The van der Waals surface area contributed by atoms with E-state index in [4.69, 9.17) is 4.42 Å². The van der Waals surface area contributed by atoms with Crippen molar-refractivity contribution in [1.29, 1.82) is 0 Å². The molecule has 1 atom stereocenters. The van der Waals surface area contributed by atoms with Crippen LogP contribution in [0.3, 0.4) is 0 Å². The molecule has 3 rings (SSSR count). The van der Waals surface area contributed by atoms with Gasteiger partial charge in [-0.15, -0.1) is 0 Å². The highest BCUT2D eigenvalue weighted by molar-refractivity contribution is 5.75. The summed E-state index contributed by atoms with van der Waals surface area (Å²) in [6, 6.07) is 3.93. The Kier molecular flexibility index (Phi) is 4.51. The van der Waals surface area contributed by atoms with Crippen LogP contribution in [-0.2, 0) is 13.6 Å². The Hall–Kier alpha value is -2.44. The second-order valence-electron chi connectivity index (χ2n) is 6.49. The Labute approximate surface area is 142 Å². The maximum absolute atomic E-state index is 12.7. The lowest BCUT2D eigenvalue weighted by atomic mass is 10.2. The van der Waals surface area contributed by atoms with Crippen LogP contribution in [0.4, 0.5) is 10.7 Å². The van der Waals surface area contributed by atoms with Crippen molar-refractivity contribution in [2.45, 2.75) is 38.4 Å². The molecular weight excluding hydrogens is 306 g/mol. The van der Waals surface area contributed by atoms with Gasteiger partial charge in [-0.05, 0) is 31.9 Å². The molecule has 0 spiro atoms. The standard InChI is InChI=1S/C17H25N5O2/c1-12(15-6-5-9-24-15)22(13-7-8-13)17(23)19-11-14-10-18-16(20(2)3)21(14)4/h5-6,9-10,12-13H,7-8,11H2,1-4H3,(H,19,23)/t12-/m1/s1. The minimum absolute atomic E-state index is 0.0611. The summed E-state index contributed by atoms with van der Waals surface area (Å²) < 4.78 is 7.46. The molecule has 0 radical (unpaired) electrons. The van der Waals surface area contributed by atoms with Crippen molar-refractivity contribution in [3.05, 3.63) is 36.0 Å². The van der Waals surface area contributed by atoms with Gasteiger partial charge in [-0.2, -0.15) is 0 Å². The quantitative estimate of drug-likeness (QED) is 0.883. The van der Waals surface area contributed by atoms with Crippen LogP contribution < -0.4 is 10.2 Å². The number of amides is 2. The number of aromatic nitrogens is 2. The number of nitrogens with one attached hydrogen (secondary N) is 1. The summed E-state index contributed by atoms with van der Waals surface area (Å²) in [6.45, 7) is 2.45. The second kappa shape index (κ2) is 6.59. The molecule has 1 N–H and O–H groups in total. The molecule has 24 heavy (non-hydrogen) atoms. The first kappa shape index (κ1) is 16.4. The third-order valence-corrected chi connectivity index (χ3v) is 4.43. The number of urea groups is 1. The summed E-state index contributed by atoms with van der Waals surface area (Å²) in [6.07, 6.45) is 5.55. The first-order valence-electron chi connectivity index (χ1n) is 8.26. The number of furan rings is 1. The fourth-order valence-electron chi connectivity index (χ4n) is 2.95. The van der Waals surface area contributed by atoms with Crippen LogP contribution in [0.15, 0.2) is 29.0 Å². The molecule has 0 bridgehead atoms. The molecule has 0 saturated heterocycles. The van der Waals surface area contributed by atoms with E-state index in [1.165, 1.54) is 0 Å². The molecule has 7 heteroatoms. The second-order valence-corrected chi connectivity index (χ2v) is 6.49. The fourth-order valence-corrected chi connectivity index (χ4v) is 2.95. The zero-order valence-corrected chi connectivity index (χ0v) is 14.7. The van der Waals surface area contributed by atoms with Crippen LogP contribution in [0.5, 0.6) is 0 Å². The van der Waals surface area contributed by atoms with Gasteiger partial charge in [-0.1, -0.05) is 0 Å². The van der Waals surface area contributed by atoms with Crippen LogP contribution in [0.1, 0.15) is 37.3 Å². The molecule has 7 nitrogen and oxygen atoms in total. The van der Waals surface area contributed by atoms with Gasteiger partial charge in [0.1, 0.15) is 5.76 Å². The fraction of sp³-hybridized carbons (Fsp3) is 0.529. The van der Waals surface area contributed by atoms with Gasteiger partial charge in [0.2, 0.25) is 5.95 Å². The van der Waals surface area contributed by atoms with Gasteiger partial charge in [0.25, 0.3) is 0 Å². The summed E-state index contributed by atoms with van der Waals surface area (Å²) in [7, 11) is 5.85. The van der Waals surface area contributed by atoms with Gasteiger partial charge in [-0.25, -0.2) is 9.78 Å². The third-order valence-electron chi connectivity index (χ3n) is 4.43. The normalized spacial score (nSPS) is 15.2. The van der Waals surface area contributed by atoms with Gasteiger partial charge >= 0.3 is 6.03 Å². The highest BCUT2D eigenvalue weighted by Gasteiger charge is 2.37. The zero-order valence-electron chi connectivity index (χ0n) is 14.7. The lowest BCUT2D eigenvalue weighted by Gasteiger charge is -2.28. The van der Waals surface area contributed by atoms with E-state index in [0.717, 1.165) is 30.2 Å². The van der Waals surface area contributed by atoms with E-state index in [9.17, 15) is 4.79 Å². The molecule has 1 aliphatic carbocycles. The topological polar surface area (TPSA) is 66.5 Å². The highest BCUT2D eigenvalue weighted by atomic mass is 16.3. The number of rotatable bonds is 6. The Morgan fingerprint density at radius 2 is 2.25 bits per heavy atom. The predicted molar refractivity (Wildman–Crippen MR) is 91.8 cm³/mol. The van der Waals surface area contributed by atoms with Crippen molar-refractivity contribution in [3.63, 3.8) is 0 Å². The molecule has 2 aromatic heterocycles. The van der Waals surface area contributed by atoms with Crippen molar-refractivity contribution in [2.75, 3.05) is 19.0 Å². The van der Waals surface area contributed by atoms with Crippen LogP contribution in [0.25, 0.3) is 0 Å². The number of anilines is 1. The number of hydrogen-bond donors (Lipinski definition) is 1. The monoisotopic (exact) mass is 331 g/mol. The van der Waals surface area contributed by atoms with Gasteiger partial charge in [0, 0.05) is 27.2 Å². The SMILES string of the molecule is C[C@H](c1ccco1)N(C(=O)NCc1cnc(N(C)C)n1C)C1CC1.